The Morgan fingerprint density at radius 2 is 1.90 bits per heavy atom. The lowest BCUT2D eigenvalue weighted by atomic mass is 9.97. The van der Waals surface area contributed by atoms with Crippen molar-refractivity contribution in [3.8, 4) is 0 Å². The molecule has 30 heavy (non-hydrogen) atoms. The second-order valence-electron chi connectivity index (χ2n) is 8.22. The topological polar surface area (TPSA) is 64.9 Å². The minimum absolute atomic E-state index is 0.0366. The Morgan fingerprint density at radius 1 is 1.17 bits per heavy atom. The summed E-state index contributed by atoms with van der Waals surface area (Å²) in [7, 11) is 0. The first-order chi connectivity index (χ1) is 14.6. The molecule has 2 atom stereocenters. The molecule has 0 aromatic heterocycles. The summed E-state index contributed by atoms with van der Waals surface area (Å²) in [5.74, 6) is -0.725. The number of carboxylic acids is 1. The van der Waals surface area contributed by atoms with Crippen molar-refractivity contribution in [1.29, 1.82) is 0 Å². The molecule has 0 saturated carbocycles. The number of fused-ring (bicyclic) bond motifs is 1. The number of nitrogens with one attached hydrogen (secondary N) is 1. The largest absolute Gasteiger partial charge is 0.481 e. The van der Waals surface area contributed by atoms with Crippen LogP contribution in [0.25, 0.3) is 0 Å². The van der Waals surface area contributed by atoms with E-state index in [0.29, 0.717) is 6.42 Å². The van der Waals surface area contributed by atoms with E-state index < -0.39 is 5.97 Å². The maximum absolute atomic E-state index is 10.8. The first-order valence-corrected chi connectivity index (χ1v) is 10.7. The van der Waals surface area contributed by atoms with Crippen LogP contribution in [0.15, 0.2) is 71.4 Å². The molecule has 2 heterocycles. The summed E-state index contributed by atoms with van der Waals surface area (Å²) >= 11 is 0. The molecule has 0 spiro atoms. The molecule has 2 aliphatic rings. The van der Waals surface area contributed by atoms with Crippen LogP contribution in [0.1, 0.15) is 49.0 Å². The number of benzene rings is 2. The molecule has 0 radical (unpaired) electrons. The van der Waals surface area contributed by atoms with Gasteiger partial charge in [-0.1, -0.05) is 54.6 Å². The van der Waals surface area contributed by atoms with Gasteiger partial charge in [0.25, 0.3) is 0 Å². The highest BCUT2D eigenvalue weighted by Gasteiger charge is 2.27. The third-order valence-electron chi connectivity index (χ3n) is 6.03. The molecule has 5 nitrogen and oxygen atoms in total. The maximum Gasteiger partial charge on any atom is 0.303 e. The molecule has 0 bridgehead atoms. The molecular formula is C25H29N3O2. The van der Waals surface area contributed by atoms with Gasteiger partial charge in [-0.25, -0.2) is 0 Å². The van der Waals surface area contributed by atoms with E-state index >= 15 is 0 Å². The lowest BCUT2D eigenvalue weighted by Crippen LogP contribution is -2.43. The average molecular weight is 404 g/mol. The Bertz CT molecular complexity index is 935. The van der Waals surface area contributed by atoms with Gasteiger partial charge in [0.1, 0.15) is 6.17 Å². The second kappa shape index (κ2) is 9.26. The Balaban J connectivity index is 1.36. The molecule has 1 saturated heterocycles. The fourth-order valence-electron chi connectivity index (χ4n) is 4.16. The number of nitrogens with zero attached hydrogens (tertiary/aromatic N) is 2. The van der Waals surface area contributed by atoms with Crippen LogP contribution in [0.4, 0.5) is 0 Å². The molecular weight excluding hydrogens is 374 g/mol. The highest BCUT2D eigenvalue weighted by Crippen LogP contribution is 2.26. The molecule has 1 fully saturated rings. The van der Waals surface area contributed by atoms with Crippen LogP contribution in [-0.2, 0) is 11.2 Å². The van der Waals surface area contributed by atoms with Gasteiger partial charge in [-0.3, -0.25) is 14.7 Å². The summed E-state index contributed by atoms with van der Waals surface area (Å²) in [4.78, 5) is 18.2. The van der Waals surface area contributed by atoms with E-state index in [-0.39, 0.29) is 18.6 Å². The van der Waals surface area contributed by atoms with Gasteiger partial charge in [0, 0.05) is 49.5 Å². The number of piperidine rings is 1. The van der Waals surface area contributed by atoms with Crippen LogP contribution in [-0.4, -0.2) is 40.8 Å². The number of hydrogen-bond acceptors (Lipinski definition) is 4. The summed E-state index contributed by atoms with van der Waals surface area (Å²) in [6.45, 7) is 3.87. The van der Waals surface area contributed by atoms with Gasteiger partial charge in [-0.15, -0.1) is 0 Å². The third kappa shape index (κ3) is 4.97. The normalized spacial score (nSPS) is 19.8. The zero-order valence-corrected chi connectivity index (χ0v) is 17.4. The van der Waals surface area contributed by atoms with Crippen molar-refractivity contribution in [2.75, 3.05) is 13.1 Å². The van der Waals surface area contributed by atoms with Crippen LogP contribution in [0.3, 0.4) is 0 Å². The van der Waals surface area contributed by atoms with Crippen molar-refractivity contribution < 1.29 is 9.90 Å². The van der Waals surface area contributed by atoms with Gasteiger partial charge >= 0.3 is 5.97 Å². The number of rotatable bonds is 7. The van der Waals surface area contributed by atoms with Crippen LogP contribution in [0.2, 0.25) is 0 Å². The van der Waals surface area contributed by atoms with Crippen molar-refractivity contribution in [3.63, 3.8) is 0 Å². The standard InChI is InChI=1S/C25H29N3O2/c1-18(7-12-24(29)30)28-14-13-23-22(17-28)16-26-25(27-23)21-10-8-20(9-11-21)15-19-5-3-2-4-6-19/h2-6,8-11,16,18,25-26H,7,12-15,17H2,1H3,(H,29,30). The highest BCUT2D eigenvalue weighted by molar-refractivity contribution is 6.02. The SMILES string of the molecule is CC(CCC(=O)O)N1CCC2=NC(c3ccc(Cc4ccccc4)cc3)NC=C2C1. The van der Waals surface area contributed by atoms with E-state index in [4.69, 9.17) is 10.1 Å². The monoisotopic (exact) mass is 403 g/mol. The van der Waals surface area contributed by atoms with Crippen molar-refractivity contribution in [2.24, 2.45) is 4.99 Å². The van der Waals surface area contributed by atoms with Gasteiger partial charge < -0.3 is 10.4 Å². The van der Waals surface area contributed by atoms with Crippen molar-refractivity contribution in [3.05, 3.63) is 83.1 Å². The molecule has 2 unspecified atom stereocenters. The Labute approximate surface area is 178 Å². The number of aliphatic imine (C=N–C) groups is 1. The molecule has 156 valence electrons. The van der Waals surface area contributed by atoms with Gasteiger partial charge in [-0.05, 0) is 36.5 Å². The van der Waals surface area contributed by atoms with E-state index in [2.05, 4.69) is 71.9 Å². The van der Waals surface area contributed by atoms with E-state index in [0.717, 1.165) is 25.9 Å². The van der Waals surface area contributed by atoms with Crippen molar-refractivity contribution in [1.82, 2.24) is 10.2 Å². The second-order valence-corrected chi connectivity index (χ2v) is 8.22. The predicted molar refractivity (Wildman–Crippen MR) is 120 cm³/mol. The molecule has 2 aromatic rings. The Morgan fingerprint density at radius 3 is 2.63 bits per heavy atom. The molecule has 0 aliphatic carbocycles. The summed E-state index contributed by atoms with van der Waals surface area (Å²) in [5, 5.41) is 12.4. The minimum atomic E-state index is -0.725. The lowest BCUT2D eigenvalue weighted by molar-refractivity contribution is -0.137. The first kappa shape index (κ1) is 20.4. The molecule has 5 heteroatoms. The maximum atomic E-state index is 10.8. The van der Waals surface area contributed by atoms with Crippen LogP contribution >= 0.6 is 0 Å². The van der Waals surface area contributed by atoms with E-state index in [1.807, 2.05) is 6.07 Å². The highest BCUT2D eigenvalue weighted by atomic mass is 16.4. The Kier molecular flexibility index (Phi) is 6.29. The van der Waals surface area contributed by atoms with Crippen LogP contribution < -0.4 is 5.32 Å². The van der Waals surface area contributed by atoms with Crippen molar-refractivity contribution >= 4 is 11.7 Å². The zero-order chi connectivity index (χ0) is 20.9. The van der Waals surface area contributed by atoms with E-state index in [1.54, 1.807) is 0 Å². The van der Waals surface area contributed by atoms with Crippen LogP contribution in [0, 0.1) is 0 Å². The first-order valence-electron chi connectivity index (χ1n) is 10.7. The Hall–Kier alpha value is -2.92. The number of aliphatic carboxylic acids is 1. The number of likely N-dealkylation sites (tertiary alicyclic amines) is 1. The van der Waals surface area contributed by atoms with Gasteiger partial charge in [0.05, 0.1) is 0 Å². The molecule has 2 aromatic carbocycles. The molecule has 2 aliphatic heterocycles. The minimum Gasteiger partial charge on any atom is -0.481 e. The quantitative estimate of drug-likeness (QED) is 0.729. The van der Waals surface area contributed by atoms with E-state index in [9.17, 15) is 4.79 Å². The summed E-state index contributed by atoms with van der Waals surface area (Å²) in [6.07, 6.45) is 4.81. The number of hydrogen-bond donors (Lipinski definition) is 2. The summed E-state index contributed by atoms with van der Waals surface area (Å²) in [5.41, 5.74) is 6.19. The number of carbonyl (C=O) groups is 1. The fourth-order valence-corrected chi connectivity index (χ4v) is 4.16. The molecule has 2 N–H and O–H groups in total. The summed E-state index contributed by atoms with van der Waals surface area (Å²) in [6, 6.07) is 19.5. The van der Waals surface area contributed by atoms with Crippen LogP contribution in [0.5, 0.6) is 0 Å². The van der Waals surface area contributed by atoms with Gasteiger partial charge in [0.2, 0.25) is 0 Å². The molecule has 4 rings (SSSR count). The molecule has 0 amide bonds. The van der Waals surface area contributed by atoms with Gasteiger partial charge in [-0.2, -0.15) is 0 Å². The summed E-state index contributed by atoms with van der Waals surface area (Å²) < 4.78 is 0. The average Bonchev–Trinajstić information content (AvgIpc) is 2.78. The van der Waals surface area contributed by atoms with Crippen molar-refractivity contribution in [2.45, 2.75) is 44.8 Å². The van der Waals surface area contributed by atoms with Gasteiger partial charge in [0.15, 0.2) is 0 Å². The lowest BCUT2D eigenvalue weighted by Gasteiger charge is -2.36. The van der Waals surface area contributed by atoms with E-state index in [1.165, 1.54) is 28.0 Å². The zero-order valence-electron chi connectivity index (χ0n) is 17.4. The smallest absolute Gasteiger partial charge is 0.303 e. The fraction of sp³-hybridized carbons (Fsp3) is 0.360. The third-order valence-corrected chi connectivity index (χ3v) is 6.03. The number of carboxylic acid groups (broad SMARTS) is 1. The predicted octanol–water partition coefficient (Wildman–Crippen LogP) is 4.16.